The molecule has 0 atom stereocenters. The van der Waals surface area contributed by atoms with E-state index in [4.69, 9.17) is 4.74 Å². The normalized spacial score (nSPS) is 10.0. The molecule has 0 saturated carbocycles. The molecular weight excluding hydrogens is 234 g/mol. The summed E-state index contributed by atoms with van der Waals surface area (Å²) in [4.78, 5) is 22.5. The van der Waals surface area contributed by atoms with Gasteiger partial charge in [-0.15, -0.1) is 0 Å². The molecule has 0 bridgehead atoms. The number of hydrogen-bond donors (Lipinski definition) is 1. The van der Waals surface area contributed by atoms with Crippen molar-refractivity contribution in [2.75, 3.05) is 13.7 Å². The number of esters is 1. The van der Waals surface area contributed by atoms with Gasteiger partial charge >= 0.3 is 5.97 Å². The second-order valence-electron chi connectivity index (χ2n) is 3.95. The highest BCUT2D eigenvalue weighted by atomic mass is 16.5. The van der Waals surface area contributed by atoms with Crippen LogP contribution in [-0.4, -0.2) is 31.6 Å². The van der Waals surface area contributed by atoms with Crippen LogP contribution in [-0.2, 0) is 9.53 Å². The second kappa shape index (κ2) is 6.64. The summed E-state index contributed by atoms with van der Waals surface area (Å²) in [6.45, 7) is 3.72. The summed E-state index contributed by atoms with van der Waals surface area (Å²) in [7, 11) is 1.27. The minimum Gasteiger partial charge on any atom is -0.491 e. The molecule has 18 heavy (non-hydrogen) atoms. The smallest absolute Gasteiger partial charge is 0.325 e. The first kappa shape index (κ1) is 14.0. The average molecular weight is 251 g/mol. The third kappa shape index (κ3) is 4.45. The molecule has 1 rings (SSSR count). The molecule has 98 valence electrons. The fourth-order valence-corrected chi connectivity index (χ4v) is 1.28. The van der Waals surface area contributed by atoms with Crippen LogP contribution in [0.4, 0.5) is 0 Å². The third-order valence-electron chi connectivity index (χ3n) is 2.11. The standard InChI is InChI=1S/C13H17NO4/c1-9(2)18-11-6-4-10(5-7-11)13(16)14-8-12(15)17-3/h4-7,9H,8H2,1-3H3,(H,14,16). The first-order chi connectivity index (χ1) is 8.52. The van der Waals surface area contributed by atoms with Crippen LogP contribution in [0.15, 0.2) is 24.3 Å². The Morgan fingerprint density at radius 3 is 2.33 bits per heavy atom. The third-order valence-corrected chi connectivity index (χ3v) is 2.11. The van der Waals surface area contributed by atoms with Gasteiger partial charge in [-0.3, -0.25) is 9.59 Å². The highest BCUT2D eigenvalue weighted by Gasteiger charge is 2.08. The molecule has 0 fully saturated rings. The molecule has 1 amide bonds. The summed E-state index contributed by atoms with van der Waals surface area (Å²) >= 11 is 0. The van der Waals surface area contributed by atoms with Gasteiger partial charge in [-0.05, 0) is 38.1 Å². The molecule has 0 radical (unpaired) electrons. The molecule has 0 aliphatic heterocycles. The first-order valence-corrected chi connectivity index (χ1v) is 5.64. The van der Waals surface area contributed by atoms with E-state index in [1.54, 1.807) is 24.3 Å². The van der Waals surface area contributed by atoms with Crippen molar-refractivity contribution in [3.05, 3.63) is 29.8 Å². The number of methoxy groups -OCH3 is 1. The van der Waals surface area contributed by atoms with Gasteiger partial charge in [-0.1, -0.05) is 0 Å². The summed E-state index contributed by atoms with van der Waals surface area (Å²) in [5.41, 5.74) is 0.468. The van der Waals surface area contributed by atoms with E-state index in [-0.39, 0.29) is 18.6 Å². The van der Waals surface area contributed by atoms with Crippen LogP contribution >= 0.6 is 0 Å². The molecule has 5 heteroatoms. The van der Waals surface area contributed by atoms with E-state index in [0.29, 0.717) is 11.3 Å². The van der Waals surface area contributed by atoms with Gasteiger partial charge in [0.15, 0.2) is 0 Å². The molecule has 0 aromatic heterocycles. The minimum absolute atomic E-state index is 0.0870. The molecule has 1 aromatic rings. The number of carbonyl (C=O) groups excluding carboxylic acids is 2. The van der Waals surface area contributed by atoms with Crippen LogP contribution in [0.3, 0.4) is 0 Å². The zero-order valence-electron chi connectivity index (χ0n) is 10.7. The van der Waals surface area contributed by atoms with Gasteiger partial charge in [-0.2, -0.15) is 0 Å². The number of benzene rings is 1. The van der Waals surface area contributed by atoms with Crippen LogP contribution in [0.1, 0.15) is 24.2 Å². The Kier molecular flexibility index (Phi) is 5.17. The Morgan fingerprint density at radius 1 is 1.22 bits per heavy atom. The van der Waals surface area contributed by atoms with Crippen molar-refractivity contribution in [3.63, 3.8) is 0 Å². The number of ether oxygens (including phenoxy) is 2. The van der Waals surface area contributed by atoms with E-state index < -0.39 is 5.97 Å². The van der Waals surface area contributed by atoms with Gasteiger partial charge in [0.05, 0.1) is 13.2 Å². The largest absolute Gasteiger partial charge is 0.491 e. The summed E-state index contributed by atoms with van der Waals surface area (Å²) in [6, 6.07) is 6.72. The quantitative estimate of drug-likeness (QED) is 0.803. The van der Waals surface area contributed by atoms with E-state index >= 15 is 0 Å². The Bertz CT molecular complexity index is 412. The molecule has 5 nitrogen and oxygen atoms in total. The monoisotopic (exact) mass is 251 g/mol. The van der Waals surface area contributed by atoms with Gasteiger partial charge in [0.2, 0.25) is 0 Å². The zero-order valence-corrected chi connectivity index (χ0v) is 10.7. The number of carbonyl (C=O) groups is 2. The molecule has 0 spiro atoms. The van der Waals surface area contributed by atoms with Crippen molar-refractivity contribution < 1.29 is 19.1 Å². The molecule has 0 unspecified atom stereocenters. The van der Waals surface area contributed by atoms with Crippen molar-refractivity contribution in [1.82, 2.24) is 5.32 Å². The Balaban J connectivity index is 2.56. The maximum absolute atomic E-state index is 11.6. The lowest BCUT2D eigenvalue weighted by Gasteiger charge is -2.10. The molecule has 1 aromatic carbocycles. The van der Waals surface area contributed by atoms with Crippen molar-refractivity contribution >= 4 is 11.9 Å². The fourth-order valence-electron chi connectivity index (χ4n) is 1.28. The molecule has 0 aliphatic carbocycles. The highest BCUT2D eigenvalue weighted by Crippen LogP contribution is 2.13. The van der Waals surface area contributed by atoms with Crippen molar-refractivity contribution in [1.29, 1.82) is 0 Å². The van der Waals surface area contributed by atoms with E-state index in [0.717, 1.165) is 0 Å². The maximum atomic E-state index is 11.6. The lowest BCUT2D eigenvalue weighted by Crippen LogP contribution is -2.30. The second-order valence-corrected chi connectivity index (χ2v) is 3.95. The Hall–Kier alpha value is -2.04. The van der Waals surface area contributed by atoms with Crippen LogP contribution in [0.25, 0.3) is 0 Å². The summed E-state index contributed by atoms with van der Waals surface area (Å²) in [5, 5.41) is 2.46. The van der Waals surface area contributed by atoms with Crippen molar-refractivity contribution in [2.45, 2.75) is 20.0 Å². The number of rotatable bonds is 5. The average Bonchev–Trinajstić information content (AvgIpc) is 2.35. The zero-order chi connectivity index (χ0) is 13.5. The molecule has 0 aliphatic rings. The molecular formula is C13H17NO4. The van der Waals surface area contributed by atoms with Crippen molar-refractivity contribution in [2.24, 2.45) is 0 Å². The summed E-state index contributed by atoms with van der Waals surface area (Å²) in [6.07, 6.45) is 0.0870. The predicted octanol–water partition coefficient (Wildman–Crippen LogP) is 1.38. The number of hydrogen-bond acceptors (Lipinski definition) is 4. The van der Waals surface area contributed by atoms with Gasteiger partial charge in [0.25, 0.3) is 5.91 Å². The Morgan fingerprint density at radius 2 is 1.83 bits per heavy atom. The van der Waals surface area contributed by atoms with E-state index in [1.165, 1.54) is 7.11 Å². The lowest BCUT2D eigenvalue weighted by molar-refractivity contribution is -0.139. The molecule has 0 saturated heterocycles. The summed E-state index contributed by atoms with van der Waals surface area (Å²) in [5.74, 6) is -0.103. The van der Waals surface area contributed by atoms with Gasteiger partial charge < -0.3 is 14.8 Å². The Labute approximate surface area is 106 Å². The molecule has 1 N–H and O–H groups in total. The van der Waals surface area contributed by atoms with Crippen LogP contribution < -0.4 is 10.1 Å². The summed E-state index contributed by atoms with van der Waals surface area (Å²) < 4.78 is 9.88. The topological polar surface area (TPSA) is 64.6 Å². The minimum atomic E-state index is -0.483. The van der Waals surface area contributed by atoms with Crippen molar-refractivity contribution in [3.8, 4) is 5.75 Å². The van der Waals surface area contributed by atoms with E-state index in [9.17, 15) is 9.59 Å². The SMILES string of the molecule is COC(=O)CNC(=O)c1ccc(OC(C)C)cc1. The lowest BCUT2D eigenvalue weighted by atomic mass is 10.2. The number of nitrogens with one attached hydrogen (secondary N) is 1. The van der Waals surface area contributed by atoms with Crippen LogP contribution in [0.2, 0.25) is 0 Å². The van der Waals surface area contributed by atoms with Gasteiger partial charge in [0, 0.05) is 5.56 Å². The highest BCUT2D eigenvalue weighted by molar-refractivity contribution is 5.95. The predicted molar refractivity (Wildman–Crippen MR) is 66.6 cm³/mol. The fraction of sp³-hybridized carbons (Fsp3) is 0.385. The molecule has 0 heterocycles. The van der Waals surface area contributed by atoms with Gasteiger partial charge in [-0.25, -0.2) is 0 Å². The van der Waals surface area contributed by atoms with Crippen LogP contribution in [0, 0.1) is 0 Å². The maximum Gasteiger partial charge on any atom is 0.325 e. The number of amides is 1. The first-order valence-electron chi connectivity index (χ1n) is 5.64. The van der Waals surface area contributed by atoms with Crippen LogP contribution in [0.5, 0.6) is 5.75 Å². The van der Waals surface area contributed by atoms with Gasteiger partial charge in [0.1, 0.15) is 12.3 Å². The van der Waals surface area contributed by atoms with E-state index in [1.807, 2.05) is 13.8 Å². The van der Waals surface area contributed by atoms with E-state index in [2.05, 4.69) is 10.1 Å².